The summed E-state index contributed by atoms with van der Waals surface area (Å²) in [7, 11) is 1.35. The molecule has 0 unspecified atom stereocenters. The number of nitrogens with one attached hydrogen (secondary N) is 3. The third-order valence-corrected chi connectivity index (χ3v) is 6.15. The predicted octanol–water partition coefficient (Wildman–Crippen LogP) is 7.06. The van der Waals surface area contributed by atoms with E-state index in [1.165, 1.54) is 7.11 Å². The molecule has 3 aromatic heterocycles. The van der Waals surface area contributed by atoms with E-state index in [2.05, 4.69) is 15.0 Å². The molecule has 0 amide bonds. The lowest BCUT2D eigenvalue weighted by molar-refractivity contribution is 0.0596. The van der Waals surface area contributed by atoms with Gasteiger partial charge in [-0.1, -0.05) is 34.8 Å². The van der Waals surface area contributed by atoms with Gasteiger partial charge in [-0.3, -0.25) is 0 Å². The molecule has 0 radical (unpaired) electrons. The number of aromatic nitrogens is 3. The van der Waals surface area contributed by atoms with Gasteiger partial charge in [-0.05, 0) is 30.3 Å². The molecule has 0 aliphatic carbocycles. The standard InChI is InChI=1S/C22H14Cl3N3O2/c1-30-22(29)21-20(14-8-27-19-6-17(25)16(24)5-12(14)19)15(9-28-21)13-7-26-18-3-2-10(23)4-11(13)18/h2-9,26-28H,1H3. The van der Waals surface area contributed by atoms with Crippen molar-refractivity contribution in [3.05, 3.63) is 69.7 Å². The fraction of sp³-hybridized carbons (Fsp3) is 0.0455. The average Bonchev–Trinajstić information content (AvgIpc) is 3.43. The van der Waals surface area contributed by atoms with Crippen LogP contribution in [0.5, 0.6) is 0 Å². The normalized spacial score (nSPS) is 11.5. The van der Waals surface area contributed by atoms with Gasteiger partial charge in [0.2, 0.25) is 0 Å². The van der Waals surface area contributed by atoms with Gasteiger partial charge in [-0.2, -0.15) is 0 Å². The lowest BCUT2D eigenvalue weighted by atomic mass is 9.96. The first-order chi connectivity index (χ1) is 14.5. The van der Waals surface area contributed by atoms with Crippen molar-refractivity contribution in [2.24, 2.45) is 0 Å². The predicted molar refractivity (Wildman–Crippen MR) is 122 cm³/mol. The SMILES string of the molecule is COC(=O)c1[nH]cc(-c2c[nH]c3ccc(Cl)cc23)c1-c1c[nH]c2cc(Cl)c(Cl)cc12. The second kappa shape index (κ2) is 7.13. The Morgan fingerprint density at radius 2 is 1.47 bits per heavy atom. The van der Waals surface area contributed by atoms with Crippen molar-refractivity contribution in [3.8, 4) is 22.3 Å². The topological polar surface area (TPSA) is 73.7 Å². The van der Waals surface area contributed by atoms with Crippen LogP contribution < -0.4 is 0 Å². The van der Waals surface area contributed by atoms with E-state index in [1.54, 1.807) is 18.3 Å². The molecular formula is C22H14Cl3N3O2. The van der Waals surface area contributed by atoms with E-state index in [1.807, 2.05) is 30.6 Å². The van der Waals surface area contributed by atoms with Crippen molar-refractivity contribution in [3.63, 3.8) is 0 Å². The minimum Gasteiger partial charge on any atom is -0.464 e. The third-order valence-electron chi connectivity index (χ3n) is 5.20. The van der Waals surface area contributed by atoms with Crippen molar-refractivity contribution in [2.75, 3.05) is 7.11 Å². The molecule has 0 spiro atoms. The fourth-order valence-corrected chi connectivity index (χ4v) is 4.32. The van der Waals surface area contributed by atoms with Gasteiger partial charge in [0, 0.05) is 67.7 Å². The summed E-state index contributed by atoms with van der Waals surface area (Å²) in [6, 6.07) is 9.19. The molecule has 5 rings (SSSR count). The number of benzene rings is 2. The molecule has 0 aliphatic heterocycles. The summed E-state index contributed by atoms with van der Waals surface area (Å²) in [6.45, 7) is 0. The molecule has 0 bridgehead atoms. The van der Waals surface area contributed by atoms with E-state index in [-0.39, 0.29) is 0 Å². The zero-order valence-corrected chi connectivity index (χ0v) is 17.8. The molecule has 2 aromatic carbocycles. The summed E-state index contributed by atoms with van der Waals surface area (Å²) in [6.07, 6.45) is 5.52. The van der Waals surface area contributed by atoms with Crippen LogP contribution >= 0.6 is 34.8 Å². The van der Waals surface area contributed by atoms with Crippen LogP contribution in [0.1, 0.15) is 10.5 Å². The molecule has 5 nitrogen and oxygen atoms in total. The van der Waals surface area contributed by atoms with Gasteiger partial charge in [-0.15, -0.1) is 0 Å². The smallest absolute Gasteiger partial charge is 0.355 e. The summed E-state index contributed by atoms with van der Waals surface area (Å²) in [4.78, 5) is 22.1. The Bertz CT molecular complexity index is 1450. The summed E-state index contributed by atoms with van der Waals surface area (Å²) >= 11 is 18.7. The number of esters is 1. The number of rotatable bonds is 3. The average molecular weight is 459 g/mol. The number of fused-ring (bicyclic) bond motifs is 2. The number of hydrogen-bond donors (Lipinski definition) is 3. The van der Waals surface area contributed by atoms with E-state index in [9.17, 15) is 4.79 Å². The highest BCUT2D eigenvalue weighted by Gasteiger charge is 2.24. The second-order valence-electron chi connectivity index (χ2n) is 6.85. The Labute approximate surface area is 185 Å². The van der Waals surface area contributed by atoms with E-state index in [4.69, 9.17) is 39.5 Å². The lowest BCUT2D eigenvalue weighted by Gasteiger charge is -2.07. The minimum absolute atomic E-state index is 0.343. The van der Waals surface area contributed by atoms with Crippen molar-refractivity contribution in [2.45, 2.75) is 0 Å². The molecule has 0 aliphatic rings. The number of H-pyrrole nitrogens is 3. The largest absolute Gasteiger partial charge is 0.464 e. The molecule has 0 saturated heterocycles. The van der Waals surface area contributed by atoms with Crippen LogP contribution in [0.15, 0.2) is 48.9 Å². The third kappa shape index (κ3) is 2.89. The fourth-order valence-electron chi connectivity index (χ4n) is 3.82. The van der Waals surface area contributed by atoms with E-state index >= 15 is 0 Å². The molecule has 150 valence electrons. The maximum absolute atomic E-state index is 12.5. The first-order valence-corrected chi connectivity index (χ1v) is 10.1. The van der Waals surface area contributed by atoms with Crippen LogP contribution in [0.25, 0.3) is 44.1 Å². The minimum atomic E-state index is -0.469. The van der Waals surface area contributed by atoms with Gasteiger partial charge >= 0.3 is 5.97 Å². The number of carbonyl (C=O) groups excluding carboxylic acids is 1. The van der Waals surface area contributed by atoms with Crippen LogP contribution in [0.3, 0.4) is 0 Å². The molecule has 3 heterocycles. The lowest BCUT2D eigenvalue weighted by Crippen LogP contribution is -2.03. The maximum atomic E-state index is 12.5. The first-order valence-electron chi connectivity index (χ1n) is 9.01. The molecule has 0 atom stereocenters. The van der Waals surface area contributed by atoms with Crippen molar-refractivity contribution >= 4 is 62.6 Å². The van der Waals surface area contributed by atoms with Crippen molar-refractivity contribution in [1.29, 1.82) is 0 Å². The molecule has 30 heavy (non-hydrogen) atoms. The molecular weight excluding hydrogens is 445 g/mol. The molecule has 3 N–H and O–H groups in total. The van der Waals surface area contributed by atoms with Crippen molar-refractivity contribution in [1.82, 2.24) is 15.0 Å². The summed E-state index contributed by atoms with van der Waals surface area (Å²) in [5.74, 6) is -0.469. The van der Waals surface area contributed by atoms with Crippen LogP contribution in [-0.2, 0) is 4.74 Å². The van der Waals surface area contributed by atoms with Crippen LogP contribution in [0.2, 0.25) is 15.1 Å². The maximum Gasteiger partial charge on any atom is 0.355 e. The van der Waals surface area contributed by atoms with Gasteiger partial charge in [0.15, 0.2) is 0 Å². The van der Waals surface area contributed by atoms with Gasteiger partial charge in [0.05, 0.1) is 17.2 Å². The number of ether oxygens (including phenoxy) is 1. The van der Waals surface area contributed by atoms with E-state index in [0.717, 1.165) is 38.5 Å². The first kappa shape index (κ1) is 19.1. The van der Waals surface area contributed by atoms with E-state index in [0.29, 0.717) is 26.3 Å². The summed E-state index contributed by atoms with van der Waals surface area (Å²) in [5.41, 5.74) is 5.33. The Morgan fingerprint density at radius 1 is 0.800 bits per heavy atom. The number of carbonyl (C=O) groups is 1. The van der Waals surface area contributed by atoms with Gasteiger partial charge in [0.25, 0.3) is 0 Å². The quantitative estimate of drug-likeness (QED) is 0.253. The summed E-state index contributed by atoms with van der Waals surface area (Å²) in [5, 5.41) is 3.29. The molecule has 8 heteroatoms. The van der Waals surface area contributed by atoms with Crippen LogP contribution in [-0.4, -0.2) is 28.0 Å². The number of aromatic amines is 3. The second-order valence-corrected chi connectivity index (χ2v) is 8.10. The number of methoxy groups -OCH3 is 1. The Morgan fingerprint density at radius 3 is 2.27 bits per heavy atom. The van der Waals surface area contributed by atoms with E-state index < -0.39 is 5.97 Å². The van der Waals surface area contributed by atoms with Crippen LogP contribution in [0, 0.1) is 0 Å². The highest BCUT2D eigenvalue weighted by atomic mass is 35.5. The molecule has 0 fully saturated rings. The molecule has 5 aromatic rings. The van der Waals surface area contributed by atoms with Gasteiger partial charge in [0.1, 0.15) is 5.69 Å². The van der Waals surface area contributed by atoms with Gasteiger partial charge in [-0.25, -0.2) is 4.79 Å². The number of halogens is 3. The Hall–Kier alpha value is -2.86. The monoisotopic (exact) mass is 457 g/mol. The zero-order valence-electron chi connectivity index (χ0n) is 15.6. The Kier molecular flexibility index (Phi) is 4.54. The Balaban J connectivity index is 1.83. The zero-order chi connectivity index (χ0) is 21.0. The highest BCUT2D eigenvalue weighted by Crippen LogP contribution is 2.43. The van der Waals surface area contributed by atoms with Crippen molar-refractivity contribution < 1.29 is 9.53 Å². The van der Waals surface area contributed by atoms with Crippen LogP contribution in [0.4, 0.5) is 0 Å². The van der Waals surface area contributed by atoms with Gasteiger partial charge < -0.3 is 19.7 Å². The summed E-state index contributed by atoms with van der Waals surface area (Å²) < 4.78 is 5.01. The highest BCUT2D eigenvalue weighted by molar-refractivity contribution is 6.43. The molecule has 0 saturated carbocycles. The number of hydrogen-bond acceptors (Lipinski definition) is 2.